The van der Waals surface area contributed by atoms with E-state index in [1.807, 2.05) is 0 Å². The molecular formula is C14H17FN4O2. The Morgan fingerprint density at radius 3 is 2.86 bits per heavy atom. The summed E-state index contributed by atoms with van der Waals surface area (Å²) < 4.78 is 20.1. The lowest BCUT2D eigenvalue weighted by Crippen LogP contribution is -2.43. The number of aromatic nitrogens is 2. The minimum atomic E-state index is -0.487. The average molecular weight is 292 g/mol. The van der Waals surface area contributed by atoms with E-state index in [1.165, 1.54) is 12.1 Å². The Morgan fingerprint density at radius 2 is 2.14 bits per heavy atom. The highest BCUT2D eigenvalue weighted by Gasteiger charge is 2.26. The number of carbonyl (C=O) groups is 1. The Bertz CT molecular complexity index is 679. The summed E-state index contributed by atoms with van der Waals surface area (Å²) in [6, 6.07) is 3.76. The predicted molar refractivity (Wildman–Crippen MR) is 76.2 cm³/mol. The third-order valence-corrected chi connectivity index (χ3v) is 3.75. The van der Waals surface area contributed by atoms with Crippen molar-refractivity contribution in [3.8, 4) is 0 Å². The smallest absolute Gasteiger partial charge is 0.245 e. The van der Waals surface area contributed by atoms with Gasteiger partial charge in [0.25, 0.3) is 0 Å². The molecule has 1 aromatic carbocycles. The van der Waals surface area contributed by atoms with Gasteiger partial charge in [-0.15, -0.1) is 0 Å². The van der Waals surface area contributed by atoms with Crippen LogP contribution >= 0.6 is 0 Å². The zero-order valence-electron chi connectivity index (χ0n) is 11.8. The number of amides is 1. The van der Waals surface area contributed by atoms with Gasteiger partial charge in [-0.3, -0.25) is 9.36 Å². The summed E-state index contributed by atoms with van der Waals surface area (Å²) >= 11 is 0. The second-order valence-electron chi connectivity index (χ2n) is 5.09. The second kappa shape index (κ2) is 5.33. The summed E-state index contributed by atoms with van der Waals surface area (Å²) in [5.41, 5.74) is 7.01. The van der Waals surface area contributed by atoms with Crippen molar-refractivity contribution < 1.29 is 13.9 Å². The van der Waals surface area contributed by atoms with Crippen molar-refractivity contribution in [1.29, 1.82) is 0 Å². The second-order valence-corrected chi connectivity index (χ2v) is 5.09. The van der Waals surface area contributed by atoms with Gasteiger partial charge in [0.1, 0.15) is 11.9 Å². The van der Waals surface area contributed by atoms with Crippen LogP contribution in [0.4, 0.5) is 10.3 Å². The van der Waals surface area contributed by atoms with Gasteiger partial charge in [-0.05, 0) is 19.1 Å². The summed E-state index contributed by atoms with van der Waals surface area (Å²) in [4.78, 5) is 18.4. The van der Waals surface area contributed by atoms with Gasteiger partial charge < -0.3 is 15.4 Å². The lowest BCUT2D eigenvalue weighted by Gasteiger charge is -2.30. The highest BCUT2D eigenvalue weighted by atomic mass is 19.1. The van der Waals surface area contributed by atoms with Gasteiger partial charge in [0, 0.05) is 19.2 Å². The number of halogens is 1. The summed E-state index contributed by atoms with van der Waals surface area (Å²) in [6.07, 6.45) is 0. The van der Waals surface area contributed by atoms with Crippen LogP contribution in [-0.2, 0) is 9.53 Å². The van der Waals surface area contributed by atoms with Gasteiger partial charge in [-0.2, -0.15) is 0 Å². The number of fused-ring (bicyclic) bond motifs is 1. The fourth-order valence-corrected chi connectivity index (χ4v) is 2.66. The molecule has 7 heteroatoms. The molecule has 0 aliphatic carbocycles. The molecule has 112 valence electrons. The molecule has 2 N–H and O–H groups in total. The number of morpholine rings is 1. The van der Waals surface area contributed by atoms with Gasteiger partial charge >= 0.3 is 0 Å². The van der Waals surface area contributed by atoms with Gasteiger partial charge in [-0.1, -0.05) is 0 Å². The normalized spacial score (nSPS) is 17.1. The standard InChI is InChI=1S/C14H17FN4O2/c1-9(13(20)18-4-6-21-7-5-18)19-12-3-2-10(15)8-11(12)17-14(19)16/h2-3,8-9H,4-7H2,1H3,(H2,16,17). The van der Waals surface area contributed by atoms with E-state index < -0.39 is 6.04 Å². The van der Waals surface area contributed by atoms with E-state index in [9.17, 15) is 9.18 Å². The monoisotopic (exact) mass is 292 g/mol. The van der Waals surface area contributed by atoms with Crippen LogP contribution < -0.4 is 5.73 Å². The van der Waals surface area contributed by atoms with Gasteiger partial charge in [0.05, 0.1) is 24.2 Å². The SMILES string of the molecule is CC(C(=O)N1CCOCC1)n1c(N)nc2cc(F)ccc21. The van der Waals surface area contributed by atoms with Crippen LogP contribution in [0.15, 0.2) is 18.2 Å². The van der Waals surface area contributed by atoms with Crippen molar-refractivity contribution in [2.45, 2.75) is 13.0 Å². The molecule has 1 atom stereocenters. The molecule has 2 aromatic rings. The first-order valence-corrected chi connectivity index (χ1v) is 6.87. The molecule has 21 heavy (non-hydrogen) atoms. The third-order valence-electron chi connectivity index (χ3n) is 3.75. The lowest BCUT2D eigenvalue weighted by molar-refractivity contribution is -0.138. The number of carbonyl (C=O) groups excluding carboxylic acids is 1. The molecule has 1 aliphatic rings. The molecule has 1 fully saturated rings. The van der Waals surface area contributed by atoms with Crippen molar-refractivity contribution in [2.75, 3.05) is 32.0 Å². The van der Waals surface area contributed by atoms with Crippen LogP contribution in [0.3, 0.4) is 0 Å². The number of benzene rings is 1. The van der Waals surface area contributed by atoms with E-state index >= 15 is 0 Å². The lowest BCUT2D eigenvalue weighted by atomic mass is 10.2. The average Bonchev–Trinajstić information content (AvgIpc) is 2.81. The van der Waals surface area contributed by atoms with E-state index in [1.54, 1.807) is 22.5 Å². The van der Waals surface area contributed by atoms with Gasteiger partial charge in [0.15, 0.2) is 0 Å². The number of nitrogens with zero attached hydrogens (tertiary/aromatic N) is 3. The van der Waals surface area contributed by atoms with Crippen LogP contribution in [0.1, 0.15) is 13.0 Å². The maximum absolute atomic E-state index is 13.2. The Kier molecular flexibility index (Phi) is 3.50. The fraction of sp³-hybridized carbons (Fsp3) is 0.429. The topological polar surface area (TPSA) is 73.4 Å². The highest BCUT2D eigenvalue weighted by molar-refractivity contribution is 5.85. The molecular weight excluding hydrogens is 275 g/mol. The van der Waals surface area contributed by atoms with Crippen LogP contribution in [0.25, 0.3) is 11.0 Å². The Balaban J connectivity index is 1.95. The molecule has 6 nitrogen and oxygen atoms in total. The number of hydrogen-bond acceptors (Lipinski definition) is 4. The van der Waals surface area contributed by atoms with E-state index in [4.69, 9.17) is 10.5 Å². The number of imidazole rings is 1. The molecule has 1 saturated heterocycles. The molecule has 1 aliphatic heterocycles. The molecule has 0 saturated carbocycles. The van der Waals surface area contributed by atoms with Crippen molar-refractivity contribution in [3.05, 3.63) is 24.0 Å². The van der Waals surface area contributed by atoms with Crippen LogP contribution in [0.5, 0.6) is 0 Å². The highest BCUT2D eigenvalue weighted by Crippen LogP contribution is 2.24. The summed E-state index contributed by atoms with van der Waals surface area (Å²) in [5, 5.41) is 0. The van der Waals surface area contributed by atoms with E-state index in [0.717, 1.165) is 0 Å². The van der Waals surface area contributed by atoms with Crippen LogP contribution in [0, 0.1) is 5.82 Å². The predicted octanol–water partition coefficient (Wildman–Crippen LogP) is 1.18. The Morgan fingerprint density at radius 1 is 1.43 bits per heavy atom. The number of nitrogen functional groups attached to an aromatic ring is 1. The first-order valence-electron chi connectivity index (χ1n) is 6.87. The minimum absolute atomic E-state index is 0.0337. The van der Waals surface area contributed by atoms with E-state index in [0.29, 0.717) is 37.3 Å². The van der Waals surface area contributed by atoms with Crippen molar-refractivity contribution >= 4 is 22.9 Å². The van der Waals surface area contributed by atoms with Gasteiger partial charge in [-0.25, -0.2) is 9.37 Å². The molecule has 0 radical (unpaired) electrons. The van der Waals surface area contributed by atoms with Crippen molar-refractivity contribution in [1.82, 2.24) is 14.5 Å². The van der Waals surface area contributed by atoms with Crippen LogP contribution in [0.2, 0.25) is 0 Å². The number of hydrogen-bond donors (Lipinski definition) is 1. The van der Waals surface area contributed by atoms with E-state index in [2.05, 4.69) is 4.98 Å². The number of rotatable bonds is 2. The quantitative estimate of drug-likeness (QED) is 0.902. The zero-order valence-corrected chi connectivity index (χ0v) is 11.8. The van der Waals surface area contributed by atoms with E-state index in [-0.39, 0.29) is 17.7 Å². The largest absolute Gasteiger partial charge is 0.378 e. The summed E-state index contributed by atoms with van der Waals surface area (Å²) in [7, 11) is 0. The van der Waals surface area contributed by atoms with Crippen molar-refractivity contribution in [3.63, 3.8) is 0 Å². The summed E-state index contributed by atoms with van der Waals surface area (Å²) in [5.74, 6) is -0.197. The van der Waals surface area contributed by atoms with Crippen molar-refractivity contribution in [2.24, 2.45) is 0 Å². The molecule has 0 bridgehead atoms. The molecule has 3 rings (SSSR count). The Labute approximate surface area is 121 Å². The maximum atomic E-state index is 13.2. The maximum Gasteiger partial charge on any atom is 0.245 e. The zero-order chi connectivity index (χ0) is 15.0. The molecule has 2 heterocycles. The van der Waals surface area contributed by atoms with Gasteiger partial charge in [0.2, 0.25) is 11.9 Å². The number of ether oxygens (including phenoxy) is 1. The van der Waals surface area contributed by atoms with Crippen LogP contribution in [-0.4, -0.2) is 46.7 Å². The molecule has 0 spiro atoms. The number of nitrogens with two attached hydrogens (primary N) is 1. The first kappa shape index (κ1) is 13.8. The number of anilines is 1. The third kappa shape index (κ3) is 2.44. The fourth-order valence-electron chi connectivity index (χ4n) is 2.66. The molecule has 1 unspecified atom stereocenters. The molecule has 1 aromatic heterocycles. The summed E-state index contributed by atoms with van der Waals surface area (Å²) in [6.45, 7) is 4.01. The minimum Gasteiger partial charge on any atom is -0.378 e. The molecule has 1 amide bonds. The first-order chi connectivity index (χ1) is 10.1. The Hall–Kier alpha value is -2.15.